The standard InChI is InChI=1S/C8H7ClN2/c9-6-11-8-3-1-2-7(4-8)5-10/h1-4,11H,6H2. The first-order chi connectivity index (χ1) is 5.36. The van der Waals surface area contributed by atoms with Gasteiger partial charge in [-0.2, -0.15) is 5.26 Å². The Hall–Kier alpha value is -1.20. The van der Waals surface area contributed by atoms with Crippen molar-refractivity contribution in [1.82, 2.24) is 0 Å². The van der Waals surface area contributed by atoms with Crippen LogP contribution in [0.3, 0.4) is 0 Å². The number of hydrogen-bond donors (Lipinski definition) is 1. The van der Waals surface area contributed by atoms with E-state index < -0.39 is 0 Å². The van der Waals surface area contributed by atoms with Gasteiger partial charge in [0.1, 0.15) is 0 Å². The summed E-state index contributed by atoms with van der Waals surface area (Å²) in [5.74, 6) is 0. The van der Waals surface area contributed by atoms with Crippen LogP contribution in [0, 0.1) is 11.3 Å². The van der Waals surface area contributed by atoms with E-state index in [9.17, 15) is 0 Å². The highest BCUT2D eigenvalue weighted by atomic mass is 35.5. The molecule has 2 nitrogen and oxygen atoms in total. The maximum atomic E-state index is 8.52. The molecule has 0 fully saturated rings. The van der Waals surface area contributed by atoms with Crippen LogP contribution in [0.5, 0.6) is 0 Å². The quantitative estimate of drug-likeness (QED) is 0.540. The number of alkyl halides is 1. The van der Waals surface area contributed by atoms with Crippen molar-refractivity contribution in [2.75, 3.05) is 11.3 Å². The van der Waals surface area contributed by atoms with E-state index in [-0.39, 0.29) is 0 Å². The van der Waals surface area contributed by atoms with Gasteiger partial charge in [-0.05, 0) is 18.2 Å². The van der Waals surface area contributed by atoms with Gasteiger partial charge in [0, 0.05) is 5.69 Å². The highest BCUT2D eigenvalue weighted by Gasteiger charge is 1.91. The molecule has 1 N–H and O–H groups in total. The molecule has 0 heterocycles. The molecular weight excluding hydrogens is 160 g/mol. The molecule has 0 bridgehead atoms. The fourth-order valence-electron chi connectivity index (χ4n) is 0.776. The van der Waals surface area contributed by atoms with E-state index in [4.69, 9.17) is 16.9 Å². The second-order valence-electron chi connectivity index (χ2n) is 2.00. The van der Waals surface area contributed by atoms with E-state index in [1.165, 1.54) is 0 Å². The summed E-state index contributed by atoms with van der Waals surface area (Å²) in [4.78, 5) is 0. The molecule has 0 aliphatic heterocycles. The summed E-state index contributed by atoms with van der Waals surface area (Å²) >= 11 is 5.44. The van der Waals surface area contributed by atoms with Crippen LogP contribution in [0.25, 0.3) is 0 Å². The van der Waals surface area contributed by atoms with Crippen LogP contribution in [0.15, 0.2) is 24.3 Å². The van der Waals surface area contributed by atoms with Gasteiger partial charge in [-0.15, -0.1) is 11.6 Å². The summed E-state index contributed by atoms with van der Waals surface area (Å²) in [6.45, 7) is 0. The average Bonchev–Trinajstić information content (AvgIpc) is 2.06. The van der Waals surface area contributed by atoms with Crippen molar-refractivity contribution in [3.05, 3.63) is 29.8 Å². The predicted molar refractivity (Wildman–Crippen MR) is 45.5 cm³/mol. The molecular formula is C8H7ClN2. The molecule has 0 aliphatic rings. The number of nitrogens with zero attached hydrogens (tertiary/aromatic N) is 1. The lowest BCUT2D eigenvalue weighted by atomic mass is 10.2. The molecule has 0 radical (unpaired) electrons. The molecule has 11 heavy (non-hydrogen) atoms. The zero-order chi connectivity index (χ0) is 8.10. The largest absolute Gasteiger partial charge is 0.372 e. The monoisotopic (exact) mass is 166 g/mol. The molecule has 1 aromatic rings. The first-order valence-electron chi connectivity index (χ1n) is 3.17. The Morgan fingerprint density at radius 1 is 1.55 bits per heavy atom. The Kier molecular flexibility index (Phi) is 2.76. The van der Waals surface area contributed by atoms with Gasteiger partial charge in [0.05, 0.1) is 17.6 Å². The molecule has 0 unspecified atom stereocenters. The number of benzene rings is 1. The normalized spacial score (nSPS) is 8.73. The number of anilines is 1. The summed E-state index contributed by atoms with van der Waals surface area (Å²) < 4.78 is 0. The second kappa shape index (κ2) is 3.85. The molecule has 0 saturated carbocycles. The van der Waals surface area contributed by atoms with E-state index in [1.54, 1.807) is 12.1 Å². The average molecular weight is 167 g/mol. The highest BCUT2D eigenvalue weighted by Crippen LogP contribution is 2.09. The predicted octanol–water partition coefficient (Wildman–Crippen LogP) is 2.17. The molecule has 1 aromatic carbocycles. The van der Waals surface area contributed by atoms with Crippen molar-refractivity contribution in [3.63, 3.8) is 0 Å². The van der Waals surface area contributed by atoms with Crippen molar-refractivity contribution in [2.45, 2.75) is 0 Å². The maximum absolute atomic E-state index is 8.52. The third-order valence-electron chi connectivity index (χ3n) is 1.26. The smallest absolute Gasteiger partial charge is 0.0992 e. The maximum Gasteiger partial charge on any atom is 0.0992 e. The van der Waals surface area contributed by atoms with E-state index in [2.05, 4.69) is 5.32 Å². The van der Waals surface area contributed by atoms with E-state index in [0.29, 0.717) is 11.6 Å². The second-order valence-corrected chi connectivity index (χ2v) is 2.27. The number of halogens is 1. The van der Waals surface area contributed by atoms with Crippen LogP contribution in [-0.2, 0) is 0 Å². The summed E-state index contributed by atoms with van der Waals surface area (Å²) in [6.07, 6.45) is 0. The lowest BCUT2D eigenvalue weighted by molar-refractivity contribution is 1.43. The van der Waals surface area contributed by atoms with Gasteiger partial charge in [-0.3, -0.25) is 0 Å². The van der Waals surface area contributed by atoms with Crippen LogP contribution < -0.4 is 5.32 Å². The Morgan fingerprint density at radius 2 is 2.36 bits per heavy atom. The zero-order valence-corrected chi connectivity index (χ0v) is 6.60. The lowest BCUT2D eigenvalue weighted by Crippen LogP contribution is -1.93. The van der Waals surface area contributed by atoms with Crippen LogP contribution in [-0.4, -0.2) is 6.00 Å². The van der Waals surface area contributed by atoms with Gasteiger partial charge in [0.15, 0.2) is 0 Å². The van der Waals surface area contributed by atoms with Gasteiger partial charge in [-0.25, -0.2) is 0 Å². The summed E-state index contributed by atoms with van der Waals surface area (Å²) in [5.41, 5.74) is 1.51. The Balaban J connectivity index is 2.85. The Bertz CT molecular complexity index is 278. The van der Waals surface area contributed by atoms with Crippen LogP contribution in [0.2, 0.25) is 0 Å². The van der Waals surface area contributed by atoms with Gasteiger partial charge >= 0.3 is 0 Å². The molecule has 0 saturated heterocycles. The molecule has 3 heteroatoms. The third kappa shape index (κ3) is 2.14. The minimum Gasteiger partial charge on any atom is -0.372 e. The van der Waals surface area contributed by atoms with Crippen LogP contribution in [0.1, 0.15) is 5.56 Å². The van der Waals surface area contributed by atoms with Crippen molar-refractivity contribution in [1.29, 1.82) is 5.26 Å². The minimum atomic E-state index is 0.356. The first-order valence-corrected chi connectivity index (χ1v) is 3.70. The first kappa shape index (κ1) is 7.90. The number of rotatable bonds is 2. The lowest BCUT2D eigenvalue weighted by Gasteiger charge is -2.00. The minimum absolute atomic E-state index is 0.356. The van der Waals surface area contributed by atoms with Gasteiger partial charge in [0.25, 0.3) is 0 Å². The molecule has 0 amide bonds. The molecule has 0 aromatic heterocycles. The summed E-state index contributed by atoms with van der Waals surface area (Å²) in [5, 5.41) is 11.4. The fourth-order valence-corrected chi connectivity index (χ4v) is 0.930. The zero-order valence-electron chi connectivity index (χ0n) is 5.84. The molecule has 0 atom stereocenters. The van der Waals surface area contributed by atoms with Gasteiger partial charge in [0.2, 0.25) is 0 Å². The van der Waals surface area contributed by atoms with E-state index in [0.717, 1.165) is 5.69 Å². The fraction of sp³-hybridized carbons (Fsp3) is 0.125. The Morgan fingerprint density at radius 3 is 3.00 bits per heavy atom. The number of nitrogens with one attached hydrogen (secondary N) is 1. The van der Waals surface area contributed by atoms with E-state index >= 15 is 0 Å². The highest BCUT2D eigenvalue weighted by molar-refractivity contribution is 6.18. The molecule has 0 spiro atoms. The molecule has 0 aliphatic carbocycles. The number of nitriles is 1. The van der Waals surface area contributed by atoms with Gasteiger partial charge in [-0.1, -0.05) is 6.07 Å². The van der Waals surface area contributed by atoms with Gasteiger partial charge < -0.3 is 5.32 Å². The molecule has 56 valence electrons. The topological polar surface area (TPSA) is 35.8 Å². The van der Waals surface area contributed by atoms with Crippen LogP contribution in [0.4, 0.5) is 5.69 Å². The SMILES string of the molecule is N#Cc1cccc(NCCl)c1. The van der Waals surface area contributed by atoms with Crippen LogP contribution >= 0.6 is 11.6 Å². The summed E-state index contributed by atoms with van der Waals surface area (Å²) in [6, 6.07) is 9.58. The van der Waals surface area contributed by atoms with Crippen molar-refractivity contribution in [3.8, 4) is 6.07 Å². The van der Waals surface area contributed by atoms with Crippen molar-refractivity contribution in [2.24, 2.45) is 0 Å². The molecule has 1 rings (SSSR count). The van der Waals surface area contributed by atoms with Crippen molar-refractivity contribution < 1.29 is 0 Å². The summed E-state index contributed by atoms with van der Waals surface area (Å²) in [7, 11) is 0. The number of hydrogen-bond acceptors (Lipinski definition) is 2. The Labute approximate surface area is 70.4 Å². The van der Waals surface area contributed by atoms with E-state index in [1.807, 2.05) is 18.2 Å². The third-order valence-corrected chi connectivity index (χ3v) is 1.40. The van der Waals surface area contributed by atoms with Crippen molar-refractivity contribution >= 4 is 17.3 Å².